The summed E-state index contributed by atoms with van der Waals surface area (Å²) in [5, 5.41) is 10.6. The van der Waals surface area contributed by atoms with Crippen molar-refractivity contribution in [2.24, 2.45) is 17.3 Å². The molecule has 15 heavy (non-hydrogen) atoms. The zero-order valence-corrected chi connectivity index (χ0v) is 10.0. The number of allylic oxidation sites excluding steroid dienone is 1. The van der Waals surface area contributed by atoms with Crippen LogP contribution in [0.1, 0.15) is 40.5 Å². The van der Waals surface area contributed by atoms with Gasteiger partial charge in [-0.1, -0.05) is 25.5 Å². The van der Waals surface area contributed by atoms with Crippen molar-refractivity contribution in [3.8, 4) is 0 Å². The van der Waals surface area contributed by atoms with Crippen molar-refractivity contribution < 1.29 is 9.90 Å². The Morgan fingerprint density at radius 1 is 1.53 bits per heavy atom. The number of carbonyl (C=O) groups is 1. The van der Waals surface area contributed by atoms with Crippen LogP contribution < -0.4 is 0 Å². The van der Waals surface area contributed by atoms with Gasteiger partial charge in [0, 0.05) is 0 Å². The molecule has 2 nitrogen and oxygen atoms in total. The highest BCUT2D eigenvalue weighted by Crippen LogP contribution is 2.55. The molecule has 1 N–H and O–H groups in total. The molecule has 1 saturated carbocycles. The van der Waals surface area contributed by atoms with E-state index in [0.717, 1.165) is 6.42 Å². The molecule has 0 aliphatic heterocycles. The maximum atomic E-state index is 11.5. The van der Waals surface area contributed by atoms with Crippen LogP contribution in [0.5, 0.6) is 0 Å². The van der Waals surface area contributed by atoms with Gasteiger partial charge in [-0.2, -0.15) is 0 Å². The Kier molecular flexibility index (Phi) is 2.13. The van der Waals surface area contributed by atoms with Crippen LogP contribution in [-0.4, -0.2) is 16.5 Å². The predicted molar refractivity (Wildman–Crippen MR) is 59.4 cm³/mol. The Labute approximate surface area is 91.4 Å². The van der Waals surface area contributed by atoms with Gasteiger partial charge in [0.05, 0.1) is 11.5 Å². The summed E-state index contributed by atoms with van der Waals surface area (Å²) in [6.07, 6.45) is 3.46. The first-order chi connectivity index (χ1) is 6.76. The highest BCUT2D eigenvalue weighted by Gasteiger charge is 2.54. The largest absolute Gasteiger partial charge is 0.385 e. The lowest BCUT2D eigenvalue weighted by Gasteiger charge is -2.54. The highest BCUT2D eigenvalue weighted by atomic mass is 16.3. The van der Waals surface area contributed by atoms with Gasteiger partial charge in [-0.15, -0.1) is 0 Å². The topological polar surface area (TPSA) is 37.3 Å². The van der Waals surface area contributed by atoms with Crippen LogP contribution in [0.3, 0.4) is 0 Å². The molecule has 0 aromatic rings. The van der Waals surface area contributed by atoms with Gasteiger partial charge in [0.1, 0.15) is 5.78 Å². The molecule has 0 heterocycles. The van der Waals surface area contributed by atoms with Crippen molar-refractivity contribution >= 4 is 5.78 Å². The van der Waals surface area contributed by atoms with Crippen molar-refractivity contribution in [1.29, 1.82) is 0 Å². The van der Waals surface area contributed by atoms with E-state index in [1.54, 1.807) is 6.92 Å². The maximum Gasteiger partial charge on any atom is 0.136 e. The summed E-state index contributed by atoms with van der Waals surface area (Å²) in [6.45, 7) is 8.05. The molecule has 0 aromatic carbocycles. The summed E-state index contributed by atoms with van der Waals surface area (Å²) >= 11 is 0. The van der Waals surface area contributed by atoms with E-state index in [1.165, 1.54) is 5.57 Å². The van der Waals surface area contributed by atoms with Crippen molar-refractivity contribution in [2.75, 3.05) is 0 Å². The minimum absolute atomic E-state index is 0.125. The third kappa shape index (κ3) is 1.46. The molecule has 3 atom stereocenters. The van der Waals surface area contributed by atoms with Crippen LogP contribution in [0.2, 0.25) is 0 Å². The van der Waals surface area contributed by atoms with Gasteiger partial charge in [0.15, 0.2) is 0 Å². The molecule has 1 fully saturated rings. The van der Waals surface area contributed by atoms with E-state index in [1.807, 2.05) is 6.08 Å². The van der Waals surface area contributed by atoms with E-state index in [-0.39, 0.29) is 17.1 Å². The molecular weight excluding hydrogens is 188 g/mol. The standard InChI is InChI=1S/C13H20O2/c1-8-6-13(15)7-12(3,4)10(8)5-11(13)9(2)14/h6,10-11,15H,5,7H2,1-4H3/t10-,11+,13-/m1/s1. The number of hydrogen-bond donors (Lipinski definition) is 1. The lowest BCUT2D eigenvalue weighted by Crippen LogP contribution is -2.55. The van der Waals surface area contributed by atoms with Gasteiger partial charge in [0.25, 0.3) is 0 Å². The van der Waals surface area contributed by atoms with E-state index in [4.69, 9.17) is 0 Å². The number of Topliss-reactive ketones (excluding diaryl/α,β-unsaturated/α-hetero) is 1. The number of hydrogen-bond acceptors (Lipinski definition) is 2. The third-order valence-electron chi connectivity index (χ3n) is 4.27. The fourth-order valence-electron chi connectivity index (χ4n) is 3.70. The van der Waals surface area contributed by atoms with Gasteiger partial charge >= 0.3 is 0 Å². The summed E-state index contributed by atoms with van der Waals surface area (Å²) in [6, 6.07) is 0. The SMILES string of the molecule is CC(=O)[C@@H]1C[C@@H]2C(C)=C[C@@]1(O)CC2(C)C. The Bertz CT molecular complexity index is 340. The van der Waals surface area contributed by atoms with Gasteiger partial charge in [0.2, 0.25) is 0 Å². The summed E-state index contributed by atoms with van der Waals surface area (Å²) < 4.78 is 0. The quantitative estimate of drug-likeness (QED) is 0.671. The van der Waals surface area contributed by atoms with E-state index in [0.29, 0.717) is 12.3 Å². The molecule has 0 amide bonds. The Hall–Kier alpha value is -0.630. The molecule has 0 aromatic heterocycles. The number of rotatable bonds is 1. The van der Waals surface area contributed by atoms with Crippen molar-refractivity contribution in [1.82, 2.24) is 0 Å². The highest BCUT2D eigenvalue weighted by molar-refractivity contribution is 5.80. The van der Waals surface area contributed by atoms with E-state index >= 15 is 0 Å². The average molecular weight is 208 g/mol. The van der Waals surface area contributed by atoms with Gasteiger partial charge < -0.3 is 5.11 Å². The summed E-state index contributed by atoms with van der Waals surface area (Å²) in [5.74, 6) is 0.404. The Morgan fingerprint density at radius 3 is 2.53 bits per heavy atom. The summed E-state index contributed by atoms with van der Waals surface area (Å²) in [5.41, 5.74) is 0.500. The Morgan fingerprint density at radius 2 is 2.13 bits per heavy atom. The second kappa shape index (κ2) is 2.94. The zero-order valence-electron chi connectivity index (χ0n) is 10.0. The molecule has 0 spiro atoms. The van der Waals surface area contributed by atoms with Crippen LogP contribution in [0.15, 0.2) is 11.6 Å². The van der Waals surface area contributed by atoms with E-state index in [9.17, 15) is 9.90 Å². The Balaban J connectivity index is 2.44. The summed E-state index contributed by atoms with van der Waals surface area (Å²) in [7, 11) is 0. The van der Waals surface area contributed by atoms with Crippen LogP contribution in [0, 0.1) is 17.3 Å². The van der Waals surface area contributed by atoms with Crippen LogP contribution >= 0.6 is 0 Å². The smallest absolute Gasteiger partial charge is 0.136 e. The fraction of sp³-hybridized carbons (Fsp3) is 0.769. The van der Waals surface area contributed by atoms with Gasteiger partial charge in [-0.05, 0) is 38.0 Å². The number of ketones is 1. The number of carbonyl (C=O) groups excluding carboxylic acids is 1. The number of aliphatic hydroxyl groups is 1. The van der Waals surface area contributed by atoms with E-state index < -0.39 is 5.60 Å². The van der Waals surface area contributed by atoms with Crippen LogP contribution in [0.4, 0.5) is 0 Å². The number of fused-ring (bicyclic) bond motifs is 2. The molecular formula is C13H20O2. The zero-order chi connectivity index (χ0) is 11.4. The minimum atomic E-state index is -0.881. The monoisotopic (exact) mass is 208 g/mol. The first kappa shape index (κ1) is 10.9. The second-order valence-electron chi connectivity index (χ2n) is 6.00. The first-order valence-corrected chi connectivity index (χ1v) is 5.68. The van der Waals surface area contributed by atoms with Crippen molar-refractivity contribution in [2.45, 2.75) is 46.1 Å². The molecule has 2 bridgehead atoms. The normalized spacial score (nSPS) is 42.6. The molecule has 0 saturated heterocycles. The third-order valence-corrected chi connectivity index (χ3v) is 4.27. The van der Waals surface area contributed by atoms with Gasteiger partial charge in [-0.3, -0.25) is 4.79 Å². The average Bonchev–Trinajstić information content (AvgIpc) is 1.97. The maximum absolute atomic E-state index is 11.5. The van der Waals surface area contributed by atoms with Crippen molar-refractivity contribution in [3.63, 3.8) is 0 Å². The molecule has 0 radical (unpaired) electrons. The molecule has 0 unspecified atom stereocenters. The lowest BCUT2D eigenvalue weighted by atomic mass is 9.52. The predicted octanol–water partition coefficient (Wildman–Crippen LogP) is 2.32. The first-order valence-electron chi connectivity index (χ1n) is 5.68. The molecule has 3 rings (SSSR count). The summed E-state index contributed by atoms with van der Waals surface area (Å²) in [4.78, 5) is 11.5. The molecule has 2 heteroatoms. The fourth-order valence-corrected chi connectivity index (χ4v) is 3.70. The van der Waals surface area contributed by atoms with Gasteiger partial charge in [-0.25, -0.2) is 0 Å². The molecule has 84 valence electrons. The minimum Gasteiger partial charge on any atom is -0.385 e. The van der Waals surface area contributed by atoms with Crippen molar-refractivity contribution in [3.05, 3.63) is 11.6 Å². The van der Waals surface area contributed by atoms with Crippen LogP contribution in [-0.2, 0) is 4.79 Å². The second-order valence-corrected chi connectivity index (χ2v) is 6.00. The molecule has 3 aliphatic carbocycles. The lowest BCUT2D eigenvalue weighted by molar-refractivity contribution is -0.139. The van der Waals surface area contributed by atoms with Crippen LogP contribution in [0.25, 0.3) is 0 Å². The molecule has 3 aliphatic rings. The van der Waals surface area contributed by atoms with E-state index in [2.05, 4.69) is 20.8 Å².